The molecule has 0 heterocycles. The van der Waals surface area contributed by atoms with Crippen LogP contribution in [-0.2, 0) is 4.79 Å². The van der Waals surface area contributed by atoms with E-state index in [1.54, 1.807) is 6.92 Å². The Labute approximate surface area is 63.1 Å². The monoisotopic (exact) mass is 140 g/mol. The highest BCUT2D eigenvalue weighted by Crippen LogP contribution is 2.05. The number of carbonyl (C=O) groups excluding carboxylic acids is 1. The molecule has 10 heavy (non-hydrogen) atoms. The molecule has 0 saturated heterocycles. The van der Waals surface area contributed by atoms with Crippen molar-refractivity contribution >= 4 is 5.78 Å². The van der Waals surface area contributed by atoms with Crippen molar-refractivity contribution in [2.24, 2.45) is 5.92 Å². The molecule has 0 saturated carbocycles. The fourth-order valence-electron chi connectivity index (χ4n) is 0.578. The van der Waals surface area contributed by atoms with Crippen molar-refractivity contribution in [3.63, 3.8) is 0 Å². The number of allylic oxidation sites excluding steroid dienone is 2. The number of carbonyl (C=O) groups is 1. The smallest absolute Gasteiger partial charge is 0.132 e. The summed E-state index contributed by atoms with van der Waals surface area (Å²) in [6.45, 7) is 7.70. The second kappa shape index (κ2) is 4.26. The van der Waals surface area contributed by atoms with Crippen molar-refractivity contribution < 1.29 is 4.79 Å². The van der Waals surface area contributed by atoms with E-state index in [-0.39, 0.29) is 11.7 Å². The highest BCUT2D eigenvalue weighted by Gasteiger charge is 2.03. The van der Waals surface area contributed by atoms with E-state index in [0.717, 1.165) is 6.42 Å². The topological polar surface area (TPSA) is 17.1 Å². The summed E-state index contributed by atoms with van der Waals surface area (Å²) in [6, 6.07) is 0. The number of hydrogen-bond acceptors (Lipinski definition) is 1. The molecule has 1 atom stereocenters. The molecule has 0 aromatic heterocycles. The lowest BCUT2D eigenvalue weighted by molar-refractivity contribution is -0.120. The quantitative estimate of drug-likeness (QED) is 0.551. The predicted octanol–water partition coefficient (Wildman–Crippen LogP) is 2.57. The van der Waals surface area contributed by atoms with Crippen molar-refractivity contribution in [2.75, 3.05) is 0 Å². The molecule has 0 spiro atoms. The van der Waals surface area contributed by atoms with Crippen LogP contribution in [0.25, 0.3) is 0 Å². The van der Waals surface area contributed by atoms with E-state index >= 15 is 0 Å². The van der Waals surface area contributed by atoms with Gasteiger partial charge in [0.1, 0.15) is 5.78 Å². The van der Waals surface area contributed by atoms with E-state index in [2.05, 4.69) is 6.08 Å². The fraction of sp³-hybridized carbons (Fsp3) is 0.667. The Morgan fingerprint density at radius 1 is 1.40 bits per heavy atom. The molecule has 0 aliphatic heterocycles. The van der Waals surface area contributed by atoms with Crippen LogP contribution in [-0.4, -0.2) is 5.78 Å². The molecule has 0 bridgehead atoms. The average molecular weight is 140 g/mol. The van der Waals surface area contributed by atoms with Gasteiger partial charge in [0.05, 0.1) is 0 Å². The molecule has 0 aromatic rings. The van der Waals surface area contributed by atoms with Gasteiger partial charge in [-0.3, -0.25) is 4.79 Å². The largest absolute Gasteiger partial charge is 0.300 e. The van der Waals surface area contributed by atoms with E-state index in [0.29, 0.717) is 0 Å². The van der Waals surface area contributed by atoms with Crippen LogP contribution in [0.15, 0.2) is 11.6 Å². The van der Waals surface area contributed by atoms with Crippen molar-refractivity contribution in [1.82, 2.24) is 0 Å². The molecule has 0 rings (SSSR count). The Hall–Kier alpha value is -0.590. The maximum Gasteiger partial charge on any atom is 0.132 e. The van der Waals surface area contributed by atoms with Crippen LogP contribution in [0.2, 0.25) is 0 Å². The molecule has 0 aromatic carbocycles. The van der Waals surface area contributed by atoms with Crippen molar-refractivity contribution in [3.05, 3.63) is 11.6 Å². The Kier molecular flexibility index (Phi) is 4.01. The number of rotatable bonds is 3. The van der Waals surface area contributed by atoms with Crippen LogP contribution >= 0.6 is 0 Å². The first-order valence-electron chi connectivity index (χ1n) is 3.68. The van der Waals surface area contributed by atoms with Gasteiger partial charge in [0.15, 0.2) is 0 Å². The van der Waals surface area contributed by atoms with Crippen LogP contribution in [0.1, 0.15) is 34.1 Å². The Morgan fingerprint density at radius 3 is 2.20 bits per heavy atom. The van der Waals surface area contributed by atoms with E-state index < -0.39 is 0 Å². The van der Waals surface area contributed by atoms with Crippen LogP contribution in [0.3, 0.4) is 0 Å². The molecule has 0 radical (unpaired) electrons. The van der Waals surface area contributed by atoms with Gasteiger partial charge in [0, 0.05) is 5.92 Å². The van der Waals surface area contributed by atoms with Gasteiger partial charge in [-0.2, -0.15) is 0 Å². The molecule has 0 aliphatic carbocycles. The molecular weight excluding hydrogens is 124 g/mol. The second-order valence-corrected chi connectivity index (χ2v) is 3.03. The summed E-state index contributed by atoms with van der Waals surface area (Å²) in [6.07, 6.45) is 2.99. The number of ketones is 1. The standard InChI is InChI=1S/C9H16O/c1-7(2)5-6-8(3)9(4)10/h5,8H,6H2,1-4H3/t8-/m0/s1. The number of Topliss-reactive ketones (excluding diaryl/α,β-unsaturated/α-hetero) is 1. The third kappa shape index (κ3) is 4.30. The third-order valence-corrected chi connectivity index (χ3v) is 1.57. The van der Waals surface area contributed by atoms with Gasteiger partial charge in [-0.25, -0.2) is 0 Å². The summed E-state index contributed by atoms with van der Waals surface area (Å²) < 4.78 is 0. The lowest BCUT2D eigenvalue weighted by atomic mass is 10.0. The predicted molar refractivity (Wildman–Crippen MR) is 43.9 cm³/mol. The minimum atomic E-state index is 0.190. The maximum absolute atomic E-state index is 10.7. The average Bonchev–Trinajstić information content (AvgIpc) is 1.82. The summed E-state index contributed by atoms with van der Waals surface area (Å²) in [5, 5.41) is 0. The van der Waals surface area contributed by atoms with Crippen LogP contribution in [0.5, 0.6) is 0 Å². The zero-order valence-corrected chi connectivity index (χ0v) is 7.27. The van der Waals surface area contributed by atoms with Gasteiger partial charge >= 0.3 is 0 Å². The minimum absolute atomic E-state index is 0.190. The highest BCUT2D eigenvalue weighted by molar-refractivity contribution is 5.77. The zero-order chi connectivity index (χ0) is 8.15. The summed E-state index contributed by atoms with van der Waals surface area (Å²) in [5.41, 5.74) is 1.29. The zero-order valence-electron chi connectivity index (χ0n) is 7.27. The summed E-state index contributed by atoms with van der Waals surface area (Å²) >= 11 is 0. The Morgan fingerprint density at radius 2 is 1.90 bits per heavy atom. The van der Waals surface area contributed by atoms with E-state index in [9.17, 15) is 4.79 Å². The first-order chi connectivity index (χ1) is 4.54. The molecule has 0 unspecified atom stereocenters. The molecule has 0 fully saturated rings. The normalized spacial score (nSPS) is 12.4. The molecule has 1 heteroatoms. The molecule has 1 nitrogen and oxygen atoms in total. The second-order valence-electron chi connectivity index (χ2n) is 3.03. The van der Waals surface area contributed by atoms with Crippen LogP contribution in [0.4, 0.5) is 0 Å². The van der Waals surface area contributed by atoms with Gasteiger partial charge in [-0.05, 0) is 27.2 Å². The first kappa shape index (κ1) is 9.41. The van der Waals surface area contributed by atoms with Crippen molar-refractivity contribution in [3.8, 4) is 0 Å². The Bertz CT molecular complexity index is 141. The van der Waals surface area contributed by atoms with Gasteiger partial charge in [-0.15, -0.1) is 0 Å². The highest BCUT2D eigenvalue weighted by atomic mass is 16.1. The summed E-state index contributed by atoms with van der Waals surface area (Å²) in [4.78, 5) is 10.7. The molecular formula is C9H16O. The lowest BCUT2D eigenvalue weighted by Gasteiger charge is -2.01. The van der Waals surface area contributed by atoms with Crippen LogP contribution < -0.4 is 0 Å². The molecule has 0 N–H and O–H groups in total. The van der Waals surface area contributed by atoms with Crippen molar-refractivity contribution in [2.45, 2.75) is 34.1 Å². The van der Waals surface area contributed by atoms with Gasteiger partial charge in [0.25, 0.3) is 0 Å². The van der Waals surface area contributed by atoms with E-state index in [1.165, 1.54) is 5.57 Å². The summed E-state index contributed by atoms with van der Waals surface area (Å²) in [5.74, 6) is 0.465. The molecule has 0 aliphatic rings. The van der Waals surface area contributed by atoms with Crippen LogP contribution in [0, 0.1) is 5.92 Å². The Balaban J connectivity index is 3.70. The molecule has 0 amide bonds. The first-order valence-corrected chi connectivity index (χ1v) is 3.68. The van der Waals surface area contributed by atoms with Gasteiger partial charge < -0.3 is 0 Å². The fourth-order valence-corrected chi connectivity index (χ4v) is 0.578. The minimum Gasteiger partial charge on any atom is -0.300 e. The maximum atomic E-state index is 10.7. The number of hydrogen-bond donors (Lipinski definition) is 0. The van der Waals surface area contributed by atoms with Gasteiger partial charge in [-0.1, -0.05) is 18.6 Å². The van der Waals surface area contributed by atoms with E-state index in [1.807, 2.05) is 20.8 Å². The molecule has 58 valence electrons. The van der Waals surface area contributed by atoms with Crippen molar-refractivity contribution in [1.29, 1.82) is 0 Å². The SMILES string of the molecule is CC(=O)[C@@H](C)CC=C(C)C. The summed E-state index contributed by atoms with van der Waals surface area (Å²) in [7, 11) is 0. The lowest BCUT2D eigenvalue weighted by Crippen LogP contribution is -2.04. The van der Waals surface area contributed by atoms with Gasteiger partial charge in [0.2, 0.25) is 0 Å². The van der Waals surface area contributed by atoms with E-state index in [4.69, 9.17) is 0 Å². The third-order valence-electron chi connectivity index (χ3n) is 1.57.